The van der Waals surface area contributed by atoms with Crippen LogP contribution in [0.25, 0.3) is 27.9 Å². The second-order valence-electron chi connectivity index (χ2n) is 6.24. The maximum Gasteiger partial charge on any atom is 0.434 e. The molecule has 3 aromatic heterocycles. The summed E-state index contributed by atoms with van der Waals surface area (Å²) >= 11 is 5.99. The van der Waals surface area contributed by atoms with E-state index in [9.17, 15) is 21.6 Å². The molecule has 0 atom stereocenters. The highest BCUT2D eigenvalue weighted by Gasteiger charge is 2.33. The van der Waals surface area contributed by atoms with Crippen LogP contribution in [0.3, 0.4) is 0 Å². The van der Waals surface area contributed by atoms with Crippen LogP contribution in [-0.2, 0) is 16.0 Å². The summed E-state index contributed by atoms with van der Waals surface area (Å²) in [6, 6.07) is 6.28. The van der Waals surface area contributed by atoms with E-state index in [-0.39, 0.29) is 27.7 Å². The van der Waals surface area contributed by atoms with Crippen molar-refractivity contribution in [3.63, 3.8) is 0 Å². The Morgan fingerprint density at radius 2 is 1.90 bits per heavy atom. The van der Waals surface area contributed by atoms with Crippen molar-refractivity contribution < 1.29 is 21.6 Å². The van der Waals surface area contributed by atoms with Crippen LogP contribution in [0.1, 0.15) is 12.6 Å². The Bertz CT molecular complexity index is 1370. The molecule has 0 spiro atoms. The third-order valence-electron chi connectivity index (χ3n) is 4.33. The van der Waals surface area contributed by atoms with Crippen molar-refractivity contribution in [1.29, 1.82) is 0 Å². The van der Waals surface area contributed by atoms with Gasteiger partial charge in [-0.05, 0) is 24.3 Å². The number of nitrogens with zero attached hydrogens (tertiary/aromatic N) is 4. The summed E-state index contributed by atoms with van der Waals surface area (Å²) in [4.78, 5) is 11.9. The molecule has 4 rings (SSSR count). The van der Waals surface area contributed by atoms with E-state index in [1.54, 1.807) is 18.2 Å². The number of hydrogen-bond donors (Lipinski definition) is 0. The summed E-state index contributed by atoms with van der Waals surface area (Å²) in [5.74, 6) is -0.180. The van der Waals surface area contributed by atoms with E-state index in [2.05, 4.69) is 15.0 Å². The van der Waals surface area contributed by atoms with Gasteiger partial charge in [0.15, 0.2) is 21.2 Å². The molecule has 0 N–H and O–H groups in total. The molecular weight excluding hydrogens is 429 g/mol. The number of sulfone groups is 1. The summed E-state index contributed by atoms with van der Waals surface area (Å²) in [7, 11) is -3.70. The topological polar surface area (TPSA) is 77.2 Å². The summed E-state index contributed by atoms with van der Waals surface area (Å²) in [5.41, 5.74) is -0.304. The first-order valence-corrected chi connectivity index (χ1v) is 10.4. The van der Waals surface area contributed by atoms with Crippen molar-refractivity contribution in [1.82, 2.24) is 19.4 Å². The number of pyridine rings is 1. The minimum atomic E-state index is -4.62. The monoisotopic (exact) mass is 440 g/mol. The zero-order chi connectivity index (χ0) is 21.0. The number of benzene rings is 1. The Kier molecular flexibility index (Phi) is 4.50. The number of fused-ring (bicyclic) bond motifs is 2. The average molecular weight is 441 g/mol. The number of alkyl halides is 3. The first kappa shape index (κ1) is 19.6. The zero-order valence-electron chi connectivity index (χ0n) is 14.8. The van der Waals surface area contributed by atoms with Gasteiger partial charge >= 0.3 is 6.18 Å². The summed E-state index contributed by atoms with van der Waals surface area (Å²) in [6.45, 7) is 1.49. The van der Waals surface area contributed by atoms with Crippen LogP contribution in [0.15, 0.2) is 47.8 Å². The van der Waals surface area contributed by atoms with Gasteiger partial charge < -0.3 is 4.40 Å². The molecule has 29 heavy (non-hydrogen) atoms. The Morgan fingerprint density at radius 3 is 2.59 bits per heavy atom. The van der Waals surface area contributed by atoms with Gasteiger partial charge in [0, 0.05) is 22.8 Å². The lowest BCUT2D eigenvalue weighted by Crippen LogP contribution is -2.08. The Morgan fingerprint density at radius 1 is 1.14 bits per heavy atom. The van der Waals surface area contributed by atoms with E-state index in [1.165, 1.54) is 19.2 Å². The number of hydrogen-bond acceptors (Lipinski definition) is 5. The molecule has 0 bridgehead atoms. The van der Waals surface area contributed by atoms with Crippen molar-refractivity contribution in [2.24, 2.45) is 0 Å². The molecular formula is C18H12ClF3N4O2S. The average Bonchev–Trinajstić information content (AvgIpc) is 3.09. The molecule has 150 valence electrons. The van der Waals surface area contributed by atoms with Crippen molar-refractivity contribution in [2.75, 3.05) is 5.75 Å². The first-order chi connectivity index (χ1) is 13.6. The lowest BCUT2D eigenvalue weighted by molar-refractivity contribution is -0.141. The van der Waals surface area contributed by atoms with Gasteiger partial charge in [-0.1, -0.05) is 18.5 Å². The molecule has 11 heteroatoms. The van der Waals surface area contributed by atoms with Crippen molar-refractivity contribution >= 4 is 38.0 Å². The second-order valence-corrected chi connectivity index (χ2v) is 8.92. The third kappa shape index (κ3) is 3.53. The van der Waals surface area contributed by atoms with Crippen LogP contribution < -0.4 is 0 Å². The summed E-state index contributed by atoms with van der Waals surface area (Å²) in [5, 5.41) is 0.948. The van der Waals surface area contributed by atoms with Gasteiger partial charge in [-0.3, -0.25) is 0 Å². The molecule has 6 nitrogen and oxygen atoms in total. The van der Waals surface area contributed by atoms with Gasteiger partial charge in [-0.15, -0.1) is 0 Å². The molecule has 0 fully saturated rings. The number of rotatable bonds is 3. The predicted octanol–water partition coefficient (Wildman–Crippen LogP) is 4.41. The molecule has 0 aliphatic heterocycles. The van der Waals surface area contributed by atoms with Crippen LogP contribution in [0.4, 0.5) is 13.2 Å². The first-order valence-electron chi connectivity index (χ1n) is 8.34. The third-order valence-corrected chi connectivity index (χ3v) is 6.31. The predicted molar refractivity (Wildman–Crippen MR) is 101 cm³/mol. The summed E-state index contributed by atoms with van der Waals surface area (Å²) < 4.78 is 65.2. The quantitative estimate of drug-likeness (QED) is 0.471. The van der Waals surface area contributed by atoms with E-state index in [0.29, 0.717) is 15.9 Å². The molecule has 4 aromatic rings. The molecule has 0 amide bonds. The van der Waals surface area contributed by atoms with Crippen LogP contribution >= 0.6 is 11.6 Å². The highest BCUT2D eigenvalue weighted by atomic mass is 35.5. The smallest absolute Gasteiger partial charge is 0.303 e. The lowest BCUT2D eigenvalue weighted by Gasteiger charge is -2.09. The normalized spacial score (nSPS) is 12.7. The zero-order valence-corrected chi connectivity index (χ0v) is 16.3. The maximum absolute atomic E-state index is 12.9. The number of aromatic nitrogens is 4. The van der Waals surface area contributed by atoms with Crippen molar-refractivity contribution in [3.8, 4) is 11.4 Å². The van der Waals surface area contributed by atoms with Crippen LogP contribution in [-0.4, -0.2) is 33.5 Å². The number of imidazole rings is 1. The molecule has 0 aliphatic rings. The van der Waals surface area contributed by atoms with E-state index in [1.807, 2.05) is 0 Å². The van der Waals surface area contributed by atoms with Gasteiger partial charge in [-0.2, -0.15) is 13.2 Å². The molecule has 0 unspecified atom stereocenters. The van der Waals surface area contributed by atoms with Gasteiger partial charge in [0.25, 0.3) is 0 Å². The van der Waals surface area contributed by atoms with E-state index in [0.717, 1.165) is 16.8 Å². The van der Waals surface area contributed by atoms with Gasteiger partial charge in [0.05, 0.1) is 22.4 Å². The van der Waals surface area contributed by atoms with Crippen LogP contribution in [0.5, 0.6) is 0 Å². The highest BCUT2D eigenvalue weighted by molar-refractivity contribution is 7.91. The second kappa shape index (κ2) is 6.67. The van der Waals surface area contributed by atoms with Gasteiger partial charge in [0.1, 0.15) is 11.4 Å². The minimum absolute atomic E-state index is 0.0546. The maximum atomic E-state index is 12.9. The Labute approximate surface area is 167 Å². The summed E-state index contributed by atoms with van der Waals surface area (Å²) in [6.07, 6.45) is -1.55. The molecule has 0 saturated carbocycles. The van der Waals surface area contributed by atoms with Crippen molar-refractivity contribution in [3.05, 3.63) is 53.6 Å². The van der Waals surface area contributed by atoms with Crippen molar-refractivity contribution in [2.45, 2.75) is 18.0 Å². The lowest BCUT2D eigenvalue weighted by atomic mass is 10.2. The van der Waals surface area contributed by atoms with Gasteiger partial charge in [-0.25, -0.2) is 23.4 Å². The molecule has 0 radical (unpaired) electrons. The molecule has 3 heterocycles. The Balaban J connectivity index is 1.99. The van der Waals surface area contributed by atoms with Crippen LogP contribution in [0.2, 0.25) is 5.02 Å². The molecule has 0 saturated heterocycles. The fourth-order valence-electron chi connectivity index (χ4n) is 2.86. The van der Waals surface area contributed by atoms with E-state index >= 15 is 0 Å². The molecule has 1 aromatic carbocycles. The Hall–Kier alpha value is -2.72. The van der Waals surface area contributed by atoms with Gasteiger partial charge in [0.2, 0.25) is 0 Å². The minimum Gasteiger partial charge on any atom is -0.303 e. The fraction of sp³-hybridized carbons (Fsp3) is 0.167. The highest BCUT2D eigenvalue weighted by Crippen LogP contribution is 2.32. The van der Waals surface area contributed by atoms with Crippen LogP contribution in [0, 0.1) is 0 Å². The fourth-order valence-corrected chi connectivity index (χ4v) is 4.11. The standard InChI is InChI=1S/C18H12ClF3N4O2S/c1-2-29(27,28)14-6-10-5-11(19)3-4-12(10)25-17(14)13-8-26-9-15(18(20,21)22)23-7-16(26)24-13/h3-9H,2H2,1H3. The SMILES string of the molecule is CCS(=O)(=O)c1cc2cc(Cl)ccc2nc1-c1cn2cc(C(F)(F)F)ncc2n1. The number of halogens is 4. The molecule has 0 aliphatic carbocycles. The van der Waals surface area contributed by atoms with E-state index < -0.39 is 21.7 Å². The largest absolute Gasteiger partial charge is 0.434 e. The van der Waals surface area contributed by atoms with E-state index in [4.69, 9.17) is 11.6 Å².